The van der Waals surface area contributed by atoms with Crippen LogP contribution in [0.25, 0.3) is 11.0 Å². The molecule has 0 atom stereocenters. The third-order valence-electron chi connectivity index (χ3n) is 3.84. The number of amides is 1. The van der Waals surface area contributed by atoms with Crippen LogP contribution in [0.1, 0.15) is 23.0 Å². The van der Waals surface area contributed by atoms with Crippen LogP contribution in [-0.4, -0.2) is 19.6 Å². The van der Waals surface area contributed by atoms with Crippen molar-refractivity contribution in [1.82, 2.24) is 0 Å². The van der Waals surface area contributed by atoms with E-state index < -0.39 is 0 Å². The van der Waals surface area contributed by atoms with Gasteiger partial charge < -0.3 is 19.2 Å². The number of rotatable bonds is 5. The summed E-state index contributed by atoms with van der Waals surface area (Å²) in [6.07, 6.45) is 0. The van der Waals surface area contributed by atoms with E-state index in [-0.39, 0.29) is 11.7 Å². The predicted molar refractivity (Wildman–Crippen MR) is 98.1 cm³/mol. The monoisotopic (exact) mass is 359 g/mol. The SMILES string of the molecule is CCOc1ccc(Cl)cc1NC(=O)c1oc2ccc(OC)cc2c1C. The van der Waals surface area contributed by atoms with Crippen LogP contribution in [0.2, 0.25) is 5.02 Å². The molecule has 1 aromatic heterocycles. The van der Waals surface area contributed by atoms with E-state index in [1.54, 1.807) is 37.4 Å². The van der Waals surface area contributed by atoms with Crippen molar-refractivity contribution < 1.29 is 18.7 Å². The fourth-order valence-corrected chi connectivity index (χ4v) is 2.78. The van der Waals surface area contributed by atoms with Gasteiger partial charge in [0.05, 0.1) is 19.4 Å². The van der Waals surface area contributed by atoms with Crippen LogP contribution in [0.5, 0.6) is 11.5 Å². The van der Waals surface area contributed by atoms with Gasteiger partial charge in [0, 0.05) is 16.0 Å². The van der Waals surface area contributed by atoms with Crippen LogP contribution in [0.3, 0.4) is 0 Å². The van der Waals surface area contributed by atoms with Gasteiger partial charge in [-0.2, -0.15) is 0 Å². The molecule has 0 radical (unpaired) electrons. The molecule has 3 rings (SSSR count). The van der Waals surface area contributed by atoms with Crippen LogP contribution in [0, 0.1) is 6.92 Å². The summed E-state index contributed by atoms with van der Waals surface area (Å²) in [5, 5.41) is 4.15. The summed E-state index contributed by atoms with van der Waals surface area (Å²) in [4.78, 5) is 12.7. The molecule has 6 heteroatoms. The Labute approximate surface area is 150 Å². The van der Waals surface area contributed by atoms with Gasteiger partial charge in [-0.25, -0.2) is 0 Å². The van der Waals surface area contributed by atoms with E-state index in [1.165, 1.54) is 0 Å². The number of ether oxygens (including phenoxy) is 2. The standard InChI is InChI=1S/C19H18ClNO4/c1-4-24-17-7-5-12(20)9-15(17)21-19(22)18-11(2)14-10-13(23-3)6-8-16(14)25-18/h5-10H,4H2,1-3H3,(H,21,22). The van der Waals surface area contributed by atoms with Gasteiger partial charge in [0.15, 0.2) is 5.76 Å². The van der Waals surface area contributed by atoms with Crippen molar-refractivity contribution in [3.8, 4) is 11.5 Å². The van der Waals surface area contributed by atoms with Gasteiger partial charge in [-0.15, -0.1) is 0 Å². The zero-order valence-electron chi connectivity index (χ0n) is 14.2. The van der Waals surface area contributed by atoms with Crippen molar-refractivity contribution in [3.05, 3.63) is 52.7 Å². The Bertz CT molecular complexity index is 933. The summed E-state index contributed by atoms with van der Waals surface area (Å²) in [5.74, 6) is 1.13. The van der Waals surface area contributed by atoms with Gasteiger partial charge >= 0.3 is 0 Å². The van der Waals surface area contributed by atoms with Crippen LogP contribution in [0.4, 0.5) is 5.69 Å². The third-order valence-corrected chi connectivity index (χ3v) is 4.07. The first-order valence-electron chi connectivity index (χ1n) is 7.84. The Hall–Kier alpha value is -2.66. The average Bonchev–Trinajstić information content (AvgIpc) is 2.94. The van der Waals surface area contributed by atoms with Crippen molar-refractivity contribution >= 4 is 34.2 Å². The largest absolute Gasteiger partial charge is 0.497 e. The quantitative estimate of drug-likeness (QED) is 0.692. The number of benzene rings is 2. The van der Waals surface area contributed by atoms with Gasteiger partial charge in [0.2, 0.25) is 0 Å². The molecule has 0 aliphatic heterocycles. The third kappa shape index (κ3) is 3.42. The van der Waals surface area contributed by atoms with Crippen LogP contribution in [0.15, 0.2) is 40.8 Å². The maximum absolute atomic E-state index is 12.7. The number of hydrogen-bond acceptors (Lipinski definition) is 4. The highest BCUT2D eigenvalue weighted by molar-refractivity contribution is 6.31. The van der Waals surface area contributed by atoms with Gasteiger partial charge in [-0.05, 0) is 50.2 Å². The van der Waals surface area contributed by atoms with E-state index in [0.29, 0.717) is 34.4 Å². The fourth-order valence-electron chi connectivity index (χ4n) is 2.60. The van der Waals surface area contributed by atoms with E-state index in [2.05, 4.69) is 5.32 Å². The zero-order chi connectivity index (χ0) is 18.0. The zero-order valence-corrected chi connectivity index (χ0v) is 14.9. The molecule has 25 heavy (non-hydrogen) atoms. The van der Waals surface area contributed by atoms with Crippen molar-refractivity contribution in [2.75, 3.05) is 19.0 Å². The van der Waals surface area contributed by atoms with Crippen molar-refractivity contribution in [3.63, 3.8) is 0 Å². The first kappa shape index (κ1) is 17.2. The smallest absolute Gasteiger partial charge is 0.291 e. The number of fused-ring (bicyclic) bond motifs is 1. The Morgan fingerprint density at radius 2 is 2.04 bits per heavy atom. The first-order valence-corrected chi connectivity index (χ1v) is 8.22. The number of methoxy groups -OCH3 is 1. The summed E-state index contributed by atoms with van der Waals surface area (Å²) in [7, 11) is 1.60. The molecule has 1 N–H and O–H groups in total. The molecule has 0 saturated heterocycles. The molecule has 3 aromatic rings. The minimum atomic E-state index is -0.365. The topological polar surface area (TPSA) is 60.7 Å². The Kier molecular flexibility index (Phi) is 4.86. The number of nitrogens with one attached hydrogen (secondary N) is 1. The predicted octanol–water partition coefficient (Wildman–Crippen LogP) is 5.05. The van der Waals surface area contributed by atoms with E-state index >= 15 is 0 Å². The summed E-state index contributed by atoms with van der Waals surface area (Å²) in [6.45, 7) is 4.19. The van der Waals surface area contributed by atoms with Crippen LogP contribution >= 0.6 is 11.6 Å². The van der Waals surface area contributed by atoms with Gasteiger partial charge in [0.25, 0.3) is 5.91 Å². The Morgan fingerprint density at radius 1 is 1.24 bits per heavy atom. The molecule has 0 saturated carbocycles. The number of aryl methyl sites for hydroxylation is 1. The first-order chi connectivity index (χ1) is 12.0. The molecule has 1 heterocycles. The summed E-state index contributed by atoms with van der Waals surface area (Å²) >= 11 is 6.03. The van der Waals surface area contributed by atoms with Crippen LogP contribution < -0.4 is 14.8 Å². The number of halogens is 1. The number of carbonyl (C=O) groups is 1. The Balaban J connectivity index is 1.95. The second-order valence-electron chi connectivity index (χ2n) is 5.45. The summed E-state index contributed by atoms with van der Waals surface area (Å²) in [6, 6.07) is 10.5. The molecule has 0 bridgehead atoms. The van der Waals surface area contributed by atoms with Crippen LogP contribution in [-0.2, 0) is 0 Å². The maximum atomic E-state index is 12.7. The fraction of sp³-hybridized carbons (Fsp3) is 0.211. The summed E-state index contributed by atoms with van der Waals surface area (Å²) < 4.78 is 16.5. The molecule has 0 fully saturated rings. The lowest BCUT2D eigenvalue weighted by molar-refractivity contribution is 0.0997. The highest BCUT2D eigenvalue weighted by Gasteiger charge is 2.19. The second kappa shape index (κ2) is 7.07. The van der Waals surface area contributed by atoms with Gasteiger partial charge in [-0.3, -0.25) is 4.79 Å². The van der Waals surface area contributed by atoms with E-state index in [0.717, 1.165) is 10.9 Å². The van der Waals surface area contributed by atoms with Crippen molar-refractivity contribution in [1.29, 1.82) is 0 Å². The molecule has 2 aromatic carbocycles. The van der Waals surface area contributed by atoms with Gasteiger partial charge in [0.1, 0.15) is 17.1 Å². The normalized spacial score (nSPS) is 10.7. The molecule has 0 spiro atoms. The molecule has 1 amide bonds. The summed E-state index contributed by atoms with van der Waals surface area (Å²) in [5.41, 5.74) is 1.86. The molecule has 5 nitrogen and oxygen atoms in total. The lowest BCUT2D eigenvalue weighted by Crippen LogP contribution is -2.13. The molecule has 0 aliphatic rings. The highest BCUT2D eigenvalue weighted by Crippen LogP contribution is 2.31. The number of carbonyl (C=O) groups excluding carboxylic acids is 1. The van der Waals surface area contributed by atoms with E-state index in [4.69, 9.17) is 25.5 Å². The molecular weight excluding hydrogens is 342 g/mol. The maximum Gasteiger partial charge on any atom is 0.291 e. The van der Waals surface area contributed by atoms with E-state index in [1.807, 2.05) is 19.9 Å². The molecule has 0 unspecified atom stereocenters. The highest BCUT2D eigenvalue weighted by atomic mass is 35.5. The Morgan fingerprint density at radius 3 is 2.76 bits per heavy atom. The van der Waals surface area contributed by atoms with E-state index in [9.17, 15) is 4.79 Å². The lowest BCUT2D eigenvalue weighted by Gasteiger charge is -2.11. The number of hydrogen-bond donors (Lipinski definition) is 1. The molecular formula is C19H18ClNO4. The van der Waals surface area contributed by atoms with Gasteiger partial charge in [-0.1, -0.05) is 11.6 Å². The average molecular weight is 360 g/mol. The molecule has 130 valence electrons. The van der Waals surface area contributed by atoms with Crippen molar-refractivity contribution in [2.45, 2.75) is 13.8 Å². The minimum Gasteiger partial charge on any atom is -0.497 e. The number of anilines is 1. The lowest BCUT2D eigenvalue weighted by atomic mass is 10.1. The second-order valence-corrected chi connectivity index (χ2v) is 5.88. The molecule has 0 aliphatic carbocycles. The van der Waals surface area contributed by atoms with Crippen molar-refractivity contribution in [2.24, 2.45) is 0 Å². The number of furan rings is 1. The minimum absolute atomic E-state index is 0.241.